The number of ether oxygens (including phenoxy) is 1. The molecule has 2 aromatic rings. The quantitative estimate of drug-likeness (QED) is 0.811. The van der Waals surface area contributed by atoms with Crippen LogP contribution in [0.1, 0.15) is 0 Å². The molecule has 0 amide bonds. The molecule has 1 aliphatic heterocycles. The van der Waals surface area contributed by atoms with Gasteiger partial charge in [0.25, 0.3) is 0 Å². The van der Waals surface area contributed by atoms with Crippen LogP contribution in [-0.2, 0) is 4.74 Å². The lowest BCUT2D eigenvalue weighted by Crippen LogP contribution is -2.39. The van der Waals surface area contributed by atoms with Crippen LogP contribution >= 0.6 is 23.2 Å². The minimum Gasteiger partial charge on any atom is -0.379 e. The average molecular weight is 369 g/mol. The molecule has 128 valence electrons. The van der Waals surface area contributed by atoms with Crippen molar-refractivity contribution in [3.63, 3.8) is 0 Å². The predicted octanol–water partition coefficient (Wildman–Crippen LogP) is 2.67. The first-order chi connectivity index (χ1) is 11.7. The number of nitrogens with zero attached hydrogens (tertiary/aromatic N) is 4. The lowest BCUT2D eigenvalue weighted by molar-refractivity contribution is 0.0398. The van der Waals surface area contributed by atoms with Gasteiger partial charge in [0, 0.05) is 26.2 Å². The van der Waals surface area contributed by atoms with E-state index in [2.05, 4.69) is 30.7 Å². The van der Waals surface area contributed by atoms with E-state index in [1.54, 1.807) is 6.07 Å². The molecular formula is C15H18Cl2N6O. The van der Waals surface area contributed by atoms with Gasteiger partial charge < -0.3 is 15.4 Å². The zero-order valence-electron chi connectivity index (χ0n) is 13.0. The topological polar surface area (TPSA) is 75.2 Å². The molecule has 1 fully saturated rings. The van der Waals surface area contributed by atoms with E-state index in [0.717, 1.165) is 39.4 Å². The fourth-order valence-electron chi connectivity index (χ4n) is 2.33. The van der Waals surface area contributed by atoms with Crippen molar-refractivity contribution in [3.8, 4) is 0 Å². The number of morpholine rings is 1. The van der Waals surface area contributed by atoms with Gasteiger partial charge in [-0.2, -0.15) is 10.1 Å². The first-order valence-corrected chi connectivity index (χ1v) is 8.43. The number of anilines is 3. The van der Waals surface area contributed by atoms with E-state index >= 15 is 0 Å². The molecule has 1 aromatic heterocycles. The number of hydrogen-bond acceptors (Lipinski definition) is 7. The number of rotatable bonds is 6. The smallest absolute Gasteiger partial charge is 0.244 e. The van der Waals surface area contributed by atoms with E-state index in [9.17, 15) is 0 Å². The number of halogens is 2. The molecule has 0 saturated carbocycles. The predicted molar refractivity (Wildman–Crippen MR) is 95.3 cm³/mol. The van der Waals surface area contributed by atoms with E-state index in [4.69, 9.17) is 27.9 Å². The molecule has 0 bridgehead atoms. The summed E-state index contributed by atoms with van der Waals surface area (Å²) in [6.45, 7) is 5.13. The zero-order valence-corrected chi connectivity index (χ0v) is 14.5. The van der Waals surface area contributed by atoms with Gasteiger partial charge in [-0.05, 0) is 12.1 Å². The Hall–Kier alpha value is -1.67. The maximum Gasteiger partial charge on any atom is 0.244 e. The Balaban J connectivity index is 1.56. The largest absolute Gasteiger partial charge is 0.379 e. The number of nitrogens with one attached hydrogen (secondary N) is 2. The van der Waals surface area contributed by atoms with Crippen LogP contribution in [0.3, 0.4) is 0 Å². The Morgan fingerprint density at radius 1 is 1.21 bits per heavy atom. The van der Waals surface area contributed by atoms with E-state index in [-0.39, 0.29) is 0 Å². The summed E-state index contributed by atoms with van der Waals surface area (Å²) in [5.74, 6) is 1.01. The molecule has 7 nitrogen and oxygen atoms in total. The molecule has 0 radical (unpaired) electrons. The summed E-state index contributed by atoms with van der Waals surface area (Å²) in [5, 5.41) is 15.1. The highest BCUT2D eigenvalue weighted by Gasteiger charge is 2.10. The molecular weight excluding hydrogens is 351 g/mol. The van der Waals surface area contributed by atoms with Crippen LogP contribution in [0.4, 0.5) is 17.5 Å². The summed E-state index contributed by atoms with van der Waals surface area (Å²) in [7, 11) is 0. The molecule has 0 unspecified atom stereocenters. The molecule has 1 aromatic carbocycles. The summed E-state index contributed by atoms with van der Waals surface area (Å²) in [5.41, 5.74) is 0.670. The number of benzene rings is 1. The van der Waals surface area contributed by atoms with Gasteiger partial charge in [-0.25, -0.2) is 0 Å². The summed E-state index contributed by atoms with van der Waals surface area (Å²) < 4.78 is 5.33. The minimum absolute atomic E-state index is 0.444. The standard InChI is InChI=1S/C15H18Cl2N6O/c16-11-2-1-3-12(14(11)17)20-13-10-19-22-15(21-13)18-4-5-23-6-8-24-9-7-23/h1-3,10H,4-9H2,(H2,18,20,21,22). The number of aromatic nitrogens is 3. The highest BCUT2D eigenvalue weighted by Crippen LogP contribution is 2.31. The Morgan fingerprint density at radius 2 is 2.04 bits per heavy atom. The second-order valence-corrected chi connectivity index (χ2v) is 6.06. The second-order valence-electron chi connectivity index (χ2n) is 5.27. The second kappa shape index (κ2) is 8.43. The van der Waals surface area contributed by atoms with Gasteiger partial charge in [0.2, 0.25) is 5.95 Å². The lowest BCUT2D eigenvalue weighted by Gasteiger charge is -2.26. The fourth-order valence-corrected chi connectivity index (χ4v) is 2.68. The molecule has 24 heavy (non-hydrogen) atoms. The molecule has 3 rings (SSSR count). The Bertz CT molecular complexity index is 681. The van der Waals surface area contributed by atoms with Crippen molar-refractivity contribution in [2.45, 2.75) is 0 Å². The van der Waals surface area contributed by atoms with Crippen molar-refractivity contribution in [1.82, 2.24) is 20.1 Å². The lowest BCUT2D eigenvalue weighted by atomic mass is 10.3. The zero-order chi connectivity index (χ0) is 16.8. The van der Waals surface area contributed by atoms with Crippen molar-refractivity contribution < 1.29 is 4.74 Å². The van der Waals surface area contributed by atoms with E-state index in [0.29, 0.717) is 27.5 Å². The van der Waals surface area contributed by atoms with E-state index in [1.165, 1.54) is 6.20 Å². The molecule has 2 N–H and O–H groups in total. The molecule has 1 aliphatic rings. The highest BCUT2D eigenvalue weighted by atomic mass is 35.5. The molecule has 9 heteroatoms. The summed E-state index contributed by atoms with van der Waals surface area (Å²) in [6, 6.07) is 5.36. The Labute approximate surface area is 150 Å². The maximum atomic E-state index is 6.16. The van der Waals surface area contributed by atoms with Gasteiger partial charge in [-0.3, -0.25) is 4.90 Å². The summed E-state index contributed by atoms with van der Waals surface area (Å²) >= 11 is 12.2. The van der Waals surface area contributed by atoms with Crippen molar-refractivity contribution in [1.29, 1.82) is 0 Å². The van der Waals surface area contributed by atoms with E-state index < -0.39 is 0 Å². The van der Waals surface area contributed by atoms with Crippen LogP contribution in [0.5, 0.6) is 0 Å². The first-order valence-electron chi connectivity index (χ1n) is 7.67. The van der Waals surface area contributed by atoms with Crippen LogP contribution in [0.2, 0.25) is 10.0 Å². The van der Waals surface area contributed by atoms with Crippen LogP contribution in [0.25, 0.3) is 0 Å². The van der Waals surface area contributed by atoms with Crippen molar-refractivity contribution in [2.75, 3.05) is 50.0 Å². The number of hydrogen-bond donors (Lipinski definition) is 2. The van der Waals surface area contributed by atoms with Gasteiger partial charge in [0.15, 0.2) is 5.82 Å². The fraction of sp³-hybridized carbons (Fsp3) is 0.400. The van der Waals surface area contributed by atoms with Crippen molar-refractivity contribution in [2.24, 2.45) is 0 Å². The van der Waals surface area contributed by atoms with Crippen LogP contribution in [0.15, 0.2) is 24.4 Å². The third-order valence-corrected chi connectivity index (χ3v) is 4.41. The third-order valence-electron chi connectivity index (χ3n) is 3.59. The van der Waals surface area contributed by atoms with Gasteiger partial charge in [0.05, 0.1) is 35.1 Å². The third kappa shape index (κ3) is 4.67. The molecule has 2 heterocycles. The van der Waals surface area contributed by atoms with Gasteiger partial charge in [0.1, 0.15) is 0 Å². The normalized spacial score (nSPS) is 15.2. The van der Waals surface area contributed by atoms with Gasteiger partial charge in [-0.15, -0.1) is 5.10 Å². The molecule has 1 saturated heterocycles. The average Bonchev–Trinajstić information content (AvgIpc) is 2.60. The monoisotopic (exact) mass is 368 g/mol. The Morgan fingerprint density at radius 3 is 2.88 bits per heavy atom. The van der Waals surface area contributed by atoms with Crippen LogP contribution in [0, 0.1) is 0 Å². The van der Waals surface area contributed by atoms with Crippen molar-refractivity contribution >= 4 is 40.7 Å². The highest BCUT2D eigenvalue weighted by molar-refractivity contribution is 6.43. The minimum atomic E-state index is 0.444. The van der Waals surface area contributed by atoms with Crippen LogP contribution < -0.4 is 10.6 Å². The van der Waals surface area contributed by atoms with Crippen LogP contribution in [-0.4, -0.2) is 59.5 Å². The Kier molecular flexibility index (Phi) is 6.03. The van der Waals surface area contributed by atoms with Gasteiger partial charge >= 0.3 is 0 Å². The maximum absolute atomic E-state index is 6.16. The summed E-state index contributed by atoms with van der Waals surface area (Å²) in [6.07, 6.45) is 1.53. The molecule has 0 atom stereocenters. The SMILES string of the molecule is Clc1cccc(Nc2cnnc(NCCN3CCOCC3)n2)c1Cl. The van der Waals surface area contributed by atoms with Crippen molar-refractivity contribution in [3.05, 3.63) is 34.4 Å². The van der Waals surface area contributed by atoms with Gasteiger partial charge in [-0.1, -0.05) is 29.3 Å². The first kappa shape index (κ1) is 17.2. The molecule has 0 aliphatic carbocycles. The molecule has 0 spiro atoms. The van der Waals surface area contributed by atoms with E-state index in [1.807, 2.05) is 12.1 Å². The summed E-state index contributed by atoms with van der Waals surface area (Å²) in [4.78, 5) is 6.71.